The van der Waals surface area contributed by atoms with E-state index in [1.807, 2.05) is 71.6 Å². The van der Waals surface area contributed by atoms with Gasteiger partial charge in [0.1, 0.15) is 18.4 Å². The Bertz CT molecular complexity index is 1230. The maximum Gasteiger partial charge on any atom is 0.328 e. The summed E-state index contributed by atoms with van der Waals surface area (Å²) in [6, 6.07) is 20.5. The van der Waals surface area contributed by atoms with Crippen molar-refractivity contribution in [1.29, 1.82) is 0 Å². The van der Waals surface area contributed by atoms with E-state index in [-0.39, 0.29) is 17.7 Å². The number of likely N-dealkylation sites (tertiary alicyclic amines) is 1. The Kier molecular flexibility index (Phi) is 10.7. The zero-order chi connectivity index (χ0) is 28.2. The Hall–Kier alpha value is -4.20. The molecule has 1 atom stereocenters. The second kappa shape index (κ2) is 14.8. The molecule has 4 rings (SSSR count). The zero-order valence-corrected chi connectivity index (χ0v) is 23.0. The van der Waals surface area contributed by atoms with Crippen LogP contribution in [0.15, 0.2) is 79.1 Å². The standard InChI is InChI=1S/C32H37N3O5/c1-39-32(38)29(21-25-7-10-28(11-8-25)40-23-27-5-3-2-4-6-27)34-30(36)22-26-15-19-35(20-16-26)31(37)12-9-24-13-17-33-18-14-24/h2-8,10-11,13-14,17-18,26,29H,9,12,15-16,19-23H2,1H3,(H,34,36). The van der Waals surface area contributed by atoms with E-state index < -0.39 is 12.0 Å². The molecule has 0 aliphatic carbocycles. The zero-order valence-electron chi connectivity index (χ0n) is 23.0. The van der Waals surface area contributed by atoms with Gasteiger partial charge in [0.2, 0.25) is 11.8 Å². The number of piperidine rings is 1. The van der Waals surface area contributed by atoms with Gasteiger partial charge < -0.3 is 19.7 Å². The van der Waals surface area contributed by atoms with E-state index >= 15 is 0 Å². The summed E-state index contributed by atoms with van der Waals surface area (Å²) in [6.07, 6.45) is 6.81. The van der Waals surface area contributed by atoms with E-state index in [0.29, 0.717) is 45.4 Å². The Morgan fingerprint density at radius 3 is 2.30 bits per heavy atom. The minimum Gasteiger partial charge on any atom is -0.489 e. The number of nitrogens with one attached hydrogen (secondary N) is 1. The molecule has 8 heteroatoms. The van der Waals surface area contributed by atoms with Gasteiger partial charge >= 0.3 is 5.97 Å². The highest BCUT2D eigenvalue weighted by Gasteiger charge is 2.27. The number of benzene rings is 2. The van der Waals surface area contributed by atoms with Crippen molar-refractivity contribution >= 4 is 17.8 Å². The summed E-state index contributed by atoms with van der Waals surface area (Å²) >= 11 is 0. The second-order valence-electron chi connectivity index (χ2n) is 10.1. The molecule has 2 heterocycles. The molecule has 1 aliphatic heterocycles. The minimum absolute atomic E-state index is 0.141. The lowest BCUT2D eigenvalue weighted by atomic mass is 9.92. The second-order valence-corrected chi connectivity index (χ2v) is 10.1. The van der Waals surface area contributed by atoms with Crippen LogP contribution in [0, 0.1) is 5.92 Å². The number of hydrogen-bond acceptors (Lipinski definition) is 6. The third-order valence-electron chi connectivity index (χ3n) is 7.25. The van der Waals surface area contributed by atoms with Crippen LogP contribution in [0.25, 0.3) is 0 Å². The van der Waals surface area contributed by atoms with Crippen LogP contribution in [-0.4, -0.2) is 53.9 Å². The molecule has 2 amide bonds. The van der Waals surface area contributed by atoms with Crippen molar-refractivity contribution in [3.63, 3.8) is 0 Å². The molecule has 0 spiro atoms. The maximum absolute atomic E-state index is 12.9. The number of methoxy groups -OCH3 is 1. The van der Waals surface area contributed by atoms with Gasteiger partial charge in [-0.3, -0.25) is 14.6 Å². The van der Waals surface area contributed by atoms with Crippen LogP contribution >= 0.6 is 0 Å². The van der Waals surface area contributed by atoms with Crippen LogP contribution in [0.1, 0.15) is 42.4 Å². The highest BCUT2D eigenvalue weighted by molar-refractivity contribution is 5.84. The Morgan fingerprint density at radius 2 is 1.62 bits per heavy atom. The molecule has 1 aliphatic rings. The molecule has 0 radical (unpaired) electrons. The number of ether oxygens (including phenoxy) is 2. The summed E-state index contributed by atoms with van der Waals surface area (Å²) in [7, 11) is 1.32. The number of hydrogen-bond donors (Lipinski definition) is 1. The minimum atomic E-state index is -0.775. The van der Waals surface area contributed by atoms with Gasteiger partial charge in [0.05, 0.1) is 7.11 Å². The fraction of sp³-hybridized carbons (Fsp3) is 0.375. The number of pyridine rings is 1. The SMILES string of the molecule is COC(=O)C(Cc1ccc(OCc2ccccc2)cc1)NC(=O)CC1CCN(C(=O)CCc2ccncc2)CC1. The monoisotopic (exact) mass is 543 g/mol. The summed E-state index contributed by atoms with van der Waals surface area (Å²) in [5, 5.41) is 2.87. The van der Waals surface area contributed by atoms with Crippen LogP contribution in [0.2, 0.25) is 0 Å². The molecular weight excluding hydrogens is 506 g/mol. The number of rotatable bonds is 12. The molecule has 8 nitrogen and oxygen atoms in total. The topological polar surface area (TPSA) is 97.8 Å². The van der Waals surface area contributed by atoms with Crippen LogP contribution in [0.4, 0.5) is 0 Å². The molecule has 1 N–H and O–H groups in total. The molecule has 3 aromatic rings. The van der Waals surface area contributed by atoms with Crippen molar-refractivity contribution < 1.29 is 23.9 Å². The number of carbonyl (C=O) groups is 3. The molecule has 2 aromatic carbocycles. The average molecular weight is 544 g/mol. The molecule has 0 saturated carbocycles. The third kappa shape index (κ3) is 8.93. The number of amides is 2. The van der Waals surface area contributed by atoms with Gasteiger partial charge in [-0.15, -0.1) is 0 Å². The first-order valence-corrected chi connectivity index (χ1v) is 13.8. The highest BCUT2D eigenvalue weighted by Crippen LogP contribution is 2.22. The van der Waals surface area contributed by atoms with Gasteiger partial charge in [0.25, 0.3) is 0 Å². The summed E-state index contributed by atoms with van der Waals surface area (Å²) in [5.74, 6) is 0.382. The first-order chi connectivity index (χ1) is 19.5. The van der Waals surface area contributed by atoms with Crippen molar-refractivity contribution in [2.45, 2.75) is 51.2 Å². The Balaban J connectivity index is 1.21. The van der Waals surface area contributed by atoms with Gasteiger partial charge in [0.15, 0.2) is 0 Å². The van der Waals surface area contributed by atoms with Gasteiger partial charge in [-0.1, -0.05) is 42.5 Å². The molecular formula is C32H37N3O5. The molecule has 40 heavy (non-hydrogen) atoms. The number of nitrogens with zero attached hydrogens (tertiary/aromatic N) is 2. The van der Waals surface area contributed by atoms with E-state index in [1.54, 1.807) is 12.4 Å². The molecule has 1 unspecified atom stereocenters. The van der Waals surface area contributed by atoms with Crippen LogP contribution < -0.4 is 10.1 Å². The molecule has 1 aromatic heterocycles. The summed E-state index contributed by atoms with van der Waals surface area (Å²) in [6.45, 7) is 1.76. The lowest BCUT2D eigenvalue weighted by Crippen LogP contribution is -2.44. The quantitative estimate of drug-likeness (QED) is 0.345. The van der Waals surface area contributed by atoms with Crippen LogP contribution in [0.3, 0.4) is 0 Å². The van der Waals surface area contributed by atoms with Crippen LogP contribution in [-0.2, 0) is 38.6 Å². The van der Waals surface area contributed by atoms with Crippen molar-refractivity contribution in [1.82, 2.24) is 15.2 Å². The number of esters is 1. The highest BCUT2D eigenvalue weighted by atomic mass is 16.5. The summed E-state index contributed by atoms with van der Waals surface area (Å²) in [5.41, 5.74) is 3.07. The number of aromatic nitrogens is 1. The molecule has 1 fully saturated rings. The number of carbonyl (C=O) groups excluding carboxylic acids is 3. The molecule has 1 saturated heterocycles. The predicted octanol–water partition coefficient (Wildman–Crippen LogP) is 4.12. The average Bonchev–Trinajstić information content (AvgIpc) is 3.00. The maximum atomic E-state index is 12.9. The van der Waals surface area contributed by atoms with E-state index in [2.05, 4.69) is 10.3 Å². The number of aryl methyl sites for hydroxylation is 1. The van der Waals surface area contributed by atoms with Crippen molar-refractivity contribution in [2.24, 2.45) is 5.92 Å². The summed E-state index contributed by atoms with van der Waals surface area (Å²) < 4.78 is 10.8. The lowest BCUT2D eigenvalue weighted by Gasteiger charge is -2.32. The van der Waals surface area contributed by atoms with Gasteiger partial charge in [0, 0.05) is 44.7 Å². The van der Waals surface area contributed by atoms with Crippen molar-refractivity contribution in [3.05, 3.63) is 95.8 Å². The first-order valence-electron chi connectivity index (χ1n) is 13.8. The fourth-order valence-electron chi connectivity index (χ4n) is 4.89. The van der Waals surface area contributed by atoms with E-state index in [1.165, 1.54) is 7.11 Å². The van der Waals surface area contributed by atoms with Gasteiger partial charge in [-0.05, 0) is 66.1 Å². The predicted molar refractivity (Wildman–Crippen MR) is 151 cm³/mol. The smallest absolute Gasteiger partial charge is 0.328 e. The first kappa shape index (κ1) is 28.8. The molecule has 0 bridgehead atoms. The van der Waals surface area contributed by atoms with Crippen molar-refractivity contribution in [3.8, 4) is 5.75 Å². The van der Waals surface area contributed by atoms with Crippen LogP contribution in [0.5, 0.6) is 5.75 Å². The largest absolute Gasteiger partial charge is 0.489 e. The Morgan fingerprint density at radius 1 is 0.925 bits per heavy atom. The summed E-state index contributed by atoms with van der Waals surface area (Å²) in [4.78, 5) is 43.8. The van der Waals surface area contributed by atoms with Crippen molar-refractivity contribution in [2.75, 3.05) is 20.2 Å². The van der Waals surface area contributed by atoms with Gasteiger partial charge in [-0.25, -0.2) is 4.79 Å². The Labute approximate surface area is 235 Å². The van der Waals surface area contributed by atoms with E-state index in [9.17, 15) is 14.4 Å². The third-order valence-corrected chi connectivity index (χ3v) is 7.25. The van der Waals surface area contributed by atoms with E-state index in [0.717, 1.165) is 35.3 Å². The van der Waals surface area contributed by atoms with E-state index in [4.69, 9.17) is 9.47 Å². The normalized spacial score (nSPS) is 14.3. The molecule has 210 valence electrons. The lowest BCUT2D eigenvalue weighted by molar-refractivity contribution is -0.145. The van der Waals surface area contributed by atoms with Gasteiger partial charge in [-0.2, -0.15) is 0 Å². The fourth-order valence-corrected chi connectivity index (χ4v) is 4.89.